The highest BCUT2D eigenvalue weighted by Gasteiger charge is 2.56. The van der Waals surface area contributed by atoms with Gasteiger partial charge in [0.1, 0.15) is 0 Å². The highest BCUT2D eigenvalue weighted by atomic mass is 16.3. The molecule has 0 radical (unpaired) electrons. The highest BCUT2D eigenvalue weighted by molar-refractivity contribution is 5.38. The van der Waals surface area contributed by atoms with Gasteiger partial charge in [-0.25, -0.2) is 0 Å². The van der Waals surface area contributed by atoms with Gasteiger partial charge in [-0.05, 0) is 97.7 Å². The first-order chi connectivity index (χ1) is 14.3. The van der Waals surface area contributed by atoms with E-state index >= 15 is 0 Å². The van der Waals surface area contributed by atoms with E-state index in [0.29, 0.717) is 29.3 Å². The van der Waals surface area contributed by atoms with Crippen LogP contribution in [-0.2, 0) is 0 Å². The predicted molar refractivity (Wildman–Crippen MR) is 128 cm³/mol. The van der Waals surface area contributed by atoms with Crippen LogP contribution in [0.1, 0.15) is 105 Å². The molecule has 0 aromatic carbocycles. The smallest absolute Gasteiger partial charge is 0.0459 e. The van der Waals surface area contributed by atoms with Gasteiger partial charge in [-0.3, -0.25) is 0 Å². The molecule has 0 saturated heterocycles. The molecule has 2 unspecified atom stereocenters. The van der Waals surface area contributed by atoms with Gasteiger partial charge in [-0.1, -0.05) is 77.2 Å². The van der Waals surface area contributed by atoms with Crippen LogP contribution in [-0.4, -0.2) is 11.7 Å². The van der Waals surface area contributed by atoms with Gasteiger partial charge in [0.2, 0.25) is 0 Å². The molecule has 0 amide bonds. The largest absolute Gasteiger partial charge is 0.396 e. The molecule has 3 fully saturated rings. The molecule has 0 spiro atoms. The first kappa shape index (κ1) is 22.6. The Balaban J connectivity index is 1.48. The van der Waals surface area contributed by atoms with Gasteiger partial charge in [0, 0.05) is 6.61 Å². The van der Waals surface area contributed by atoms with Crippen molar-refractivity contribution >= 4 is 0 Å². The Morgan fingerprint density at radius 1 is 1.00 bits per heavy atom. The van der Waals surface area contributed by atoms with Crippen LogP contribution in [0.5, 0.6) is 0 Å². The predicted octanol–water partition coefficient (Wildman–Crippen LogP) is 7.95. The minimum atomic E-state index is 0.347. The summed E-state index contributed by atoms with van der Waals surface area (Å²) in [6.07, 6.45) is 20.4. The second kappa shape index (κ2) is 8.76. The number of hydrogen-bond acceptors (Lipinski definition) is 1. The van der Waals surface area contributed by atoms with Gasteiger partial charge in [-0.15, -0.1) is 0 Å². The van der Waals surface area contributed by atoms with E-state index in [4.69, 9.17) is 0 Å². The van der Waals surface area contributed by atoms with Crippen LogP contribution < -0.4 is 0 Å². The summed E-state index contributed by atoms with van der Waals surface area (Å²) in [6, 6.07) is 0. The fraction of sp³-hybridized carbons (Fsp3) is 0.862. The molecule has 170 valence electrons. The van der Waals surface area contributed by atoms with Crippen molar-refractivity contribution in [3.8, 4) is 0 Å². The lowest BCUT2D eigenvalue weighted by molar-refractivity contribution is 0.0458. The Morgan fingerprint density at radius 2 is 1.80 bits per heavy atom. The van der Waals surface area contributed by atoms with Crippen molar-refractivity contribution in [3.05, 3.63) is 23.3 Å². The molecule has 3 saturated carbocycles. The molecule has 0 aromatic heterocycles. The molecule has 1 heteroatoms. The van der Waals surface area contributed by atoms with Crippen LogP contribution in [0.4, 0.5) is 0 Å². The summed E-state index contributed by atoms with van der Waals surface area (Å²) in [5.41, 5.74) is 4.62. The summed E-state index contributed by atoms with van der Waals surface area (Å²) in [7, 11) is 0. The molecule has 0 heterocycles. The number of rotatable bonds is 7. The summed E-state index contributed by atoms with van der Waals surface area (Å²) in [4.78, 5) is 0. The Hall–Kier alpha value is -0.560. The topological polar surface area (TPSA) is 20.2 Å². The van der Waals surface area contributed by atoms with Gasteiger partial charge in [0.05, 0.1) is 0 Å². The summed E-state index contributed by atoms with van der Waals surface area (Å²) in [6.45, 7) is 12.7. The maximum atomic E-state index is 9.61. The van der Waals surface area contributed by atoms with Crippen molar-refractivity contribution in [2.24, 2.45) is 46.3 Å². The SMILES string of the molecule is CCC(CC[C@@H](C)[C@H]1CC[C@H]2C3=CC=C4CCCC[C@]4(C)[C@H]3CC[C@]12C)C(C)CO. The molecule has 4 rings (SSSR count). The number of hydrogen-bond donors (Lipinski definition) is 1. The fourth-order valence-corrected chi connectivity index (χ4v) is 8.73. The summed E-state index contributed by atoms with van der Waals surface area (Å²) in [5, 5.41) is 9.61. The summed E-state index contributed by atoms with van der Waals surface area (Å²) >= 11 is 0. The molecule has 1 N–H and O–H groups in total. The molecule has 4 aliphatic rings. The van der Waals surface area contributed by atoms with Crippen molar-refractivity contribution in [1.29, 1.82) is 0 Å². The first-order valence-electron chi connectivity index (χ1n) is 13.4. The molecular formula is C29H48O. The zero-order chi connectivity index (χ0) is 21.5. The van der Waals surface area contributed by atoms with Crippen molar-refractivity contribution < 1.29 is 5.11 Å². The number of aliphatic hydroxyl groups excluding tert-OH is 1. The molecule has 0 aromatic rings. The first-order valence-corrected chi connectivity index (χ1v) is 13.4. The van der Waals surface area contributed by atoms with E-state index in [2.05, 4.69) is 46.8 Å². The van der Waals surface area contributed by atoms with Gasteiger partial charge >= 0.3 is 0 Å². The summed E-state index contributed by atoms with van der Waals surface area (Å²) in [5.74, 6) is 4.51. The van der Waals surface area contributed by atoms with Crippen LogP contribution in [0, 0.1) is 46.3 Å². The standard InChI is InChI=1S/C29H48O/c1-6-22(21(3)19-30)11-10-20(2)25-14-15-26-24-13-12-23-9-7-8-17-28(23,4)27(24)16-18-29(25,26)5/h12-13,20-22,25-27,30H,6-11,14-19H2,1-5H3/t20-,21?,22?,25-,26+,27+,28+,29-/m1/s1. The maximum absolute atomic E-state index is 9.61. The third-order valence-corrected chi connectivity index (χ3v) is 10.9. The third kappa shape index (κ3) is 3.66. The maximum Gasteiger partial charge on any atom is 0.0459 e. The van der Waals surface area contributed by atoms with E-state index < -0.39 is 0 Å². The minimum Gasteiger partial charge on any atom is -0.396 e. The van der Waals surface area contributed by atoms with Crippen LogP contribution in [0.25, 0.3) is 0 Å². The van der Waals surface area contributed by atoms with Gasteiger partial charge in [0.25, 0.3) is 0 Å². The average molecular weight is 413 g/mol. The lowest BCUT2D eigenvalue weighted by Crippen LogP contribution is -2.45. The Bertz CT molecular complexity index is 674. The van der Waals surface area contributed by atoms with Crippen molar-refractivity contribution in [2.45, 2.75) is 105 Å². The molecule has 8 atom stereocenters. The molecule has 4 aliphatic carbocycles. The normalized spacial score (nSPS) is 41.1. The van der Waals surface area contributed by atoms with Crippen molar-refractivity contribution in [2.75, 3.05) is 6.61 Å². The van der Waals surface area contributed by atoms with E-state index in [0.717, 1.165) is 23.7 Å². The minimum absolute atomic E-state index is 0.347. The second-order valence-corrected chi connectivity index (χ2v) is 12.2. The second-order valence-electron chi connectivity index (χ2n) is 12.2. The third-order valence-electron chi connectivity index (χ3n) is 10.9. The monoisotopic (exact) mass is 412 g/mol. The molecule has 0 aliphatic heterocycles. The zero-order valence-electron chi connectivity index (χ0n) is 20.6. The lowest BCUT2D eigenvalue weighted by Gasteiger charge is -2.55. The highest BCUT2D eigenvalue weighted by Crippen LogP contribution is 2.66. The van der Waals surface area contributed by atoms with Crippen LogP contribution in [0.3, 0.4) is 0 Å². The van der Waals surface area contributed by atoms with Crippen molar-refractivity contribution in [3.63, 3.8) is 0 Å². The zero-order valence-corrected chi connectivity index (χ0v) is 20.6. The van der Waals surface area contributed by atoms with Crippen LogP contribution in [0.2, 0.25) is 0 Å². The van der Waals surface area contributed by atoms with E-state index in [1.807, 2.05) is 5.57 Å². The van der Waals surface area contributed by atoms with Gasteiger partial charge in [0.15, 0.2) is 0 Å². The van der Waals surface area contributed by atoms with Crippen LogP contribution >= 0.6 is 0 Å². The fourth-order valence-electron chi connectivity index (χ4n) is 8.73. The molecule has 0 bridgehead atoms. The van der Waals surface area contributed by atoms with Gasteiger partial charge in [-0.2, -0.15) is 0 Å². The molecule has 30 heavy (non-hydrogen) atoms. The number of allylic oxidation sites excluding steroid dienone is 4. The number of fused-ring (bicyclic) bond motifs is 5. The Labute approximate surface area is 186 Å². The Kier molecular flexibility index (Phi) is 6.61. The average Bonchev–Trinajstić information content (AvgIpc) is 3.10. The lowest BCUT2D eigenvalue weighted by atomic mass is 9.50. The van der Waals surface area contributed by atoms with Gasteiger partial charge < -0.3 is 5.11 Å². The molecular weight excluding hydrogens is 364 g/mol. The van der Waals surface area contributed by atoms with Crippen LogP contribution in [0.15, 0.2) is 23.3 Å². The van der Waals surface area contributed by atoms with E-state index in [1.165, 1.54) is 70.6 Å². The van der Waals surface area contributed by atoms with E-state index in [1.54, 1.807) is 5.57 Å². The Morgan fingerprint density at radius 3 is 2.53 bits per heavy atom. The summed E-state index contributed by atoms with van der Waals surface area (Å²) < 4.78 is 0. The molecule has 1 nitrogen and oxygen atoms in total. The van der Waals surface area contributed by atoms with Crippen molar-refractivity contribution in [1.82, 2.24) is 0 Å². The van der Waals surface area contributed by atoms with E-state index in [9.17, 15) is 5.11 Å². The van der Waals surface area contributed by atoms with E-state index in [-0.39, 0.29) is 0 Å². The number of aliphatic hydroxyl groups is 1. The quantitative estimate of drug-likeness (QED) is 0.450.